The van der Waals surface area contributed by atoms with Crippen LogP contribution in [0, 0.1) is 5.92 Å². The Balaban J connectivity index is 1.81. The summed E-state index contributed by atoms with van der Waals surface area (Å²) in [6, 6.07) is 0.732. The van der Waals surface area contributed by atoms with E-state index in [1.807, 2.05) is 5.51 Å². The van der Waals surface area contributed by atoms with Gasteiger partial charge in [0.2, 0.25) is 0 Å². The van der Waals surface area contributed by atoms with Gasteiger partial charge in [0.25, 0.3) is 0 Å². The summed E-state index contributed by atoms with van der Waals surface area (Å²) >= 11 is 1.69. The van der Waals surface area contributed by atoms with E-state index in [2.05, 4.69) is 22.6 Å². The van der Waals surface area contributed by atoms with Gasteiger partial charge in [-0.3, -0.25) is 0 Å². The molecule has 0 saturated heterocycles. The van der Waals surface area contributed by atoms with E-state index in [4.69, 9.17) is 0 Å². The number of nitrogens with zero attached hydrogens (tertiary/aromatic N) is 1. The Kier molecular flexibility index (Phi) is 4.79. The number of rotatable bonds is 5. The molecular weight excluding hydrogens is 216 g/mol. The molecule has 0 amide bonds. The molecule has 1 fully saturated rings. The number of hydrogen-bond acceptors (Lipinski definition) is 3. The predicted octanol–water partition coefficient (Wildman–Crippen LogP) is 3.59. The summed E-state index contributed by atoms with van der Waals surface area (Å²) in [4.78, 5) is 4.33. The van der Waals surface area contributed by atoms with Crippen molar-refractivity contribution in [3.8, 4) is 0 Å². The lowest BCUT2D eigenvalue weighted by molar-refractivity contribution is 0.246. The maximum absolute atomic E-state index is 4.33. The van der Waals surface area contributed by atoms with Gasteiger partial charge < -0.3 is 5.32 Å². The second-order valence-corrected chi connectivity index (χ2v) is 5.52. The van der Waals surface area contributed by atoms with Gasteiger partial charge in [-0.2, -0.15) is 0 Å². The zero-order valence-corrected chi connectivity index (χ0v) is 10.9. The molecule has 2 nitrogen and oxygen atoms in total. The highest BCUT2D eigenvalue weighted by Crippen LogP contribution is 2.28. The van der Waals surface area contributed by atoms with E-state index in [1.165, 1.54) is 44.2 Å². The van der Waals surface area contributed by atoms with Crippen LogP contribution in [0.15, 0.2) is 10.9 Å². The van der Waals surface area contributed by atoms with Crippen molar-refractivity contribution in [2.24, 2.45) is 5.92 Å². The zero-order valence-electron chi connectivity index (χ0n) is 10.1. The minimum Gasteiger partial charge on any atom is -0.308 e. The maximum Gasteiger partial charge on any atom is 0.0795 e. The lowest BCUT2D eigenvalue weighted by atomic mass is 9.82. The summed E-state index contributed by atoms with van der Waals surface area (Å²) in [5.74, 6) is 0.900. The van der Waals surface area contributed by atoms with E-state index in [0.717, 1.165) is 18.5 Å². The SMILES string of the molecule is CCCC1CCCCC1NCc1cscn1. The molecule has 1 aliphatic rings. The summed E-state index contributed by atoms with van der Waals surface area (Å²) in [6.07, 6.45) is 8.31. The highest BCUT2D eigenvalue weighted by atomic mass is 32.1. The van der Waals surface area contributed by atoms with E-state index in [-0.39, 0.29) is 0 Å². The lowest BCUT2D eigenvalue weighted by Crippen LogP contribution is -2.38. The normalized spacial score (nSPS) is 25.8. The molecule has 1 aliphatic carbocycles. The fraction of sp³-hybridized carbons (Fsp3) is 0.769. The van der Waals surface area contributed by atoms with Crippen LogP contribution in [0.4, 0.5) is 0 Å². The summed E-state index contributed by atoms with van der Waals surface area (Å²) in [6.45, 7) is 3.25. The predicted molar refractivity (Wildman–Crippen MR) is 69.6 cm³/mol. The van der Waals surface area contributed by atoms with Crippen molar-refractivity contribution >= 4 is 11.3 Å². The van der Waals surface area contributed by atoms with Crippen molar-refractivity contribution in [1.29, 1.82) is 0 Å². The molecule has 0 radical (unpaired) electrons. The van der Waals surface area contributed by atoms with Crippen LogP contribution in [-0.4, -0.2) is 11.0 Å². The number of nitrogens with one attached hydrogen (secondary N) is 1. The zero-order chi connectivity index (χ0) is 11.2. The molecule has 1 aromatic heterocycles. The molecule has 1 aromatic rings. The summed E-state index contributed by atoms with van der Waals surface area (Å²) < 4.78 is 0. The fourth-order valence-corrected chi connectivity index (χ4v) is 3.31. The molecule has 16 heavy (non-hydrogen) atoms. The Labute approximate surface area is 102 Å². The van der Waals surface area contributed by atoms with Gasteiger partial charge in [-0.1, -0.05) is 26.2 Å². The van der Waals surface area contributed by atoms with E-state index >= 15 is 0 Å². The van der Waals surface area contributed by atoms with Crippen LogP contribution in [0.5, 0.6) is 0 Å². The first kappa shape index (κ1) is 12.1. The highest BCUT2D eigenvalue weighted by molar-refractivity contribution is 7.07. The summed E-state index contributed by atoms with van der Waals surface area (Å²) in [7, 11) is 0. The average Bonchev–Trinajstić information content (AvgIpc) is 2.81. The molecule has 0 aliphatic heterocycles. The molecule has 1 N–H and O–H groups in total. The van der Waals surface area contributed by atoms with Crippen molar-refractivity contribution < 1.29 is 0 Å². The minimum absolute atomic E-state index is 0.732. The molecule has 0 spiro atoms. The molecule has 0 aromatic carbocycles. The number of aromatic nitrogens is 1. The van der Waals surface area contributed by atoms with Crippen LogP contribution < -0.4 is 5.32 Å². The van der Waals surface area contributed by atoms with Crippen molar-refractivity contribution in [1.82, 2.24) is 10.3 Å². The van der Waals surface area contributed by atoms with Gasteiger partial charge in [0.15, 0.2) is 0 Å². The van der Waals surface area contributed by atoms with E-state index in [1.54, 1.807) is 11.3 Å². The van der Waals surface area contributed by atoms with Crippen LogP contribution in [0.2, 0.25) is 0 Å². The second kappa shape index (κ2) is 6.36. The van der Waals surface area contributed by atoms with Gasteiger partial charge in [0.1, 0.15) is 0 Å². The monoisotopic (exact) mass is 238 g/mol. The molecule has 2 rings (SSSR count). The number of hydrogen-bond donors (Lipinski definition) is 1. The third-order valence-corrected chi connectivity index (χ3v) is 4.23. The van der Waals surface area contributed by atoms with Crippen molar-refractivity contribution in [2.45, 2.75) is 58.0 Å². The van der Waals surface area contributed by atoms with Gasteiger partial charge in [-0.05, 0) is 25.2 Å². The van der Waals surface area contributed by atoms with Gasteiger partial charge >= 0.3 is 0 Å². The molecular formula is C13H22N2S. The number of thiazole rings is 1. The Hall–Kier alpha value is -0.410. The first-order valence-corrected chi connectivity index (χ1v) is 7.45. The smallest absolute Gasteiger partial charge is 0.0795 e. The van der Waals surface area contributed by atoms with E-state index in [0.29, 0.717) is 0 Å². The Morgan fingerprint density at radius 1 is 1.44 bits per heavy atom. The van der Waals surface area contributed by atoms with Crippen molar-refractivity contribution in [3.63, 3.8) is 0 Å². The molecule has 90 valence electrons. The molecule has 2 unspecified atom stereocenters. The summed E-state index contributed by atoms with van der Waals surface area (Å²) in [5, 5.41) is 5.85. The third kappa shape index (κ3) is 3.29. The maximum atomic E-state index is 4.33. The summed E-state index contributed by atoms with van der Waals surface area (Å²) in [5.41, 5.74) is 3.12. The third-order valence-electron chi connectivity index (χ3n) is 3.60. The topological polar surface area (TPSA) is 24.9 Å². The van der Waals surface area contributed by atoms with Crippen molar-refractivity contribution in [2.75, 3.05) is 0 Å². The van der Waals surface area contributed by atoms with Gasteiger partial charge in [-0.15, -0.1) is 11.3 Å². The lowest BCUT2D eigenvalue weighted by Gasteiger charge is -2.32. The van der Waals surface area contributed by atoms with Crippen LogP contribution in [-0.2, 0) is 6.54 Å². The van der Waals surface area contributed by atoms with Crippen molar-refractivity contribution in [3.05, 3.63) is 16.6 Å². The molecule has 2 atom stereocenters. The molecule has 1 heterocycles. The first-order valence-electron chi connectivity index (χ1n) is 6.50. The van der Waals surface area contributed by atoms with E-state index in [9.17, 15) is 0 Å². The van der Waals surface area contributed by atoms with Gasteiger partial charge in [0.05, 0.1) is 11.2 Å². The van der Waals surface area contributed by atoms with Gasteiger partial charge in [0, 0.05) is 18.0 Å². The largest absolute Gasteiger partial charge is 0.308 e. The van der Waals surface area contributed by atoms with Crippen LogP contribution in [0.25, 0.3) is 0 Å². The minimum atomic E-state index is 0.732. The Morgan fingerprint density at radius 3 is 3.06 bits per heavy atom. The molecule has 1 saturated carbocycles. The quantitative estimate of drug-likeness (QED) is 0.848. The Morgan fingerprint density at radius 2 is 2.31 bits per heavy atom. The fourth-order valence-electron chi connectivity index (χ4n) is 2.75. The average molecular weight is 238 g/mol. The van der Waals surface area contributed by atoms with Crippen LogP contribution in [0.3, 0.4) is 0 Å². The van der Waals surface area contributed by atoms with Gasteiger partial charge in [-0.25, -0.2) is 4.98 Å². The van der Waals surface area contributed by atoms with Crippen LogP contribution in [0.1, 0.15) is 51.1 Å². The van der Waals surface area contributed by atoms with Crippen LogP contribution >= 0.6 is 11.3 Å². The molecule has 3 heteroatoms. The highest BCUT2D eigenvalue weighted by Gasteiger charge is 2.23. The second-order valence-electron chi connectivity index (χ2n) is 4.80. The Bertz CT molecular complexity index is 282. The molecule has 0 bridgehead atoms. The first-order chi connectivity index (χ1) is 7.90. The standard InChI is InChI=1S/C13H22N2S/c1-2-5-11-6-3-4-7-13(11)14-8-12-9-16-10-15-12/h9-11,13-14H,2-8H2,1H3. The van der Waals surface area contributed by atoms with E-state index < -0.39 is 0 Å².